The molecule has 19 nitrogen and oxygen atoms in total. The fourth-order valence-corrected chi connectivity index (χ4v) is 14.5. The molecular weight excluding hydrogens is 1320 g/mol. The topological polar surface area (TPSA) is 307 Å². The van der Waals surface area contributed by atoms with E-state index < -0.39 is 124 Å². The second kappa shape index (κ2) is 65.5. The van der Waals surface area contributed by atoms with Crippen molar-refractivity contribution in [2.75, 3.05) is 26.4 Å². The summed E-state index contributed by atoms with van der Waals surface area (Å²) in [6.45, 7) is 1.75. The Labute approximate surface area is 631 Å². The molecule has 3 heterocycles. The van der Waals surface area contributed by atoms with Gasteiger partial charge in [-0.25, -0.2) is 0 Å². The molecule has 0 aromatic heterocycles. The second-order valence-electron chi connectivity index (χ2n) is 30.6. The molecule has 1 amide bonds. The molecular formula is C85H157NO18. The van der Waals surface area contributed by atoms with Crippen molar-refractivity contribution in [3.63, 3.8) is 0 Å². The summed E-state index contributed by atoms with van der Waals surface area (Å²) in [5.41, 5.74) is 0. The smallest absolute Gasteiger partial charge is 0.220 e. The number of hydrogen-bond donors (Lipinski definition) is 12. The summed E-state index contributed by atoms with van der Waals surface area (Å²) in [7, 11) is 0. The molecule has 17 atom stereocenters. The van der Waals surface area contributed by atoms with Gasteiger partial charge in [0.15, 0.2) is 18.9 Å². The zero-order chi connectivity index (χ0) is 75.3. The van der Waals surface area contributed by atoms with Crippen LogP contribution < -0.4 is 5.32 Å². The molecule has 0 aliphatic carbocycles. The molecule has 3 rings (SSSR count). The van der Waals surface area contributed by atoms with Gasteiger partial charge in [0.2, 0.25) is 5.91 Å². The van der Waals surface area contributed by atoms with Crippen molar-refractivity contribution in [1.29, 1.82) is 0 Å². The summed E-state index contributed by atoms with van der Waals surface area (Å²) in [4.78, 5) is 13.5. The Morgan fingerprint density at radius 3 is 0.962 bits per heavy atom. The summed E-state index contributed by atoms with van der Waals surface area (Å²) in [5.74, 6) is -0.283. The third-order valence-corrected chi connectivity index (χ3v) is 21.3. The summed E-state index contributed by atoms with van der Waals surface area (Å²) in [6.07, 6.45) is 57.1. The molecule has 104 heavy (non-hydrogen) atoms. The lowest BCUT2D eigenvalue weighted by molar-refractivity contribution is -0.379. The first-order chi connectivity index (χ1) is 50.8. The van der Waals surface area contributed by atoms with E-state index in [1.54, 1.807) is 6.08 Å². The van der Waals surface area contributed by atoms with Gasteiger partial charge in [0.05, 0.1) is 38.6 Å². The monoisotopic (exact) mass is 1480 g/mol. The Kier molecular flexibility index (Phi) is 60.4. The van der Waals surface area contributed by atoms with Gasteiger partial charge in [0, 0.05) is 6.42 Å². The molecule has 0 radical (unpaired) electrons. The highest BCUT2D eigenvalue weighted by Crippen LogP contribution is 2.33. The SMILES string of the molecule is CCCCCCCCCC/C=C\CCCCCCCCCCCCCCCCCCCCCCCCCCCCCC(=O)NC(COC1OC(CO)C(OC2OC(CO)C(OC3OC(CO)C(O)C(O)C3O)C(O)C2O)C(O)C1O)C(O)/C=C/CC/C=C/CC/C=C/CCCCCCCCCCCC. The molecule has 0 bridgehead atoms. The molecule has 0 aromatic rings. The quantitative estimate of drug-likeness (QED) is 0.0199. The van der Waals surface area contributed by atoms with Crippen molar-refractivity contribution in [2.24, 2.45) is 0 Å². The van der Waals surface area contributed by atoms with Crippen molar-refractivity contribution in [2.45, 2.75) is 458 Å². The van der Waals surface area contributed by atoms with E-state index in [0.29, 0.717) is 12.8 Å². The average molecular weight is 1480 g/mol. The number of carbonyl (C=O) groups is 1. The van der Waals surface area contributed by atoms with Crippen LogP contribution in [0.25, 0.3) is 0 Å². The standard InChI is InChI=1S/C85H157NO18/c1-3-5-7-9-11-13-15-17-19-21-23-25-26-27-28-29-30-31-32-33-34-35-36-37-38-39-40-41-42-43-45-47-49-51-53-55-57-59-61-63-73(91)86-68(69(90)62-60-58-56-54-52-50-48-46-44-24-22-20-18-16-14-12-10-8-6-4-2)67-99-83-79(97)76(94)81(71(65-88)101-83)104-85-80(98)77(95)82(72(66-89)102-85)103-84-78(96)75(93)74(92)70(64-87)100-84/h21,23,44,46,52,54,60,62,68-72,74-85,87-90,92-98H,3-20,22,24-43,45,47-51,53,55-59,61,63-67H2,1-2H3,(H,86,91)/b23-21-,46-44+,54-52+,62-60+. The van der Waals surface area contributed by atoms with Crippen LogP contribution in [0.3, 0.4) is 0 Å². The van der Waals surface area contributed by atoms with Crippen LogP contribution in [0.15, 0.2) is 48.6 Å². The van der Waals surface area contributed by atoms with Gasteiger partial charge < -0.3 is 89.9 Å². The van der Waals surface area contributed by atoms with E-state index in [-0.39, 0.29) is 18.9 Å². The van der Waals surface area contributed by atoms with E-state index in [4.69, 9.17) is 28.4 Å². The molecule has 19 heteroatoms. The lowest BCUT2D eigenvalue weighted by Crippen LogP contribution is -2.66. The highest BCUT2D eigenvalue weighted by atomic mass is 16.8. The minimum Gasteiger partial charge on any atom is -0.394 e. The summed E-state index contributed by atoms with van der Waals surface area (Å²) >= 11 is 0. The van der Waals surface area contributed by atoms with Gasteiger partial charge in [-0.15, -0.1) is 0 Å². The number of allylic oxidation sites excluding steroid dienone is 7. The maximum atomic E-state index is 13.5. The van der Waals surface area contributed by atoms with Crippen LogP contribution in [0.1, 0.15) is 354 Å². The highest BCUT2D eigenvalue weighted by Gasteiger charge is 2.54. The number of rotatable bonds is 69. The third-order valence-electron chi connectivity index (χ3n) is 21.3. The summed E-state index contributed by atoms with van der Waals surface area (Å²) in [5, 5.41) is 121. The fourth-order valence-electron chi connectivity index (χ4n) is 14.5. The van der Waals surface area contributed by atoms with Gasteiger partial charge in [-0.1, -0.05) is 326 Å². The molecule has 610 valence electrons. The van der Waals surface area contributed by atoms with Gasteiger partial charge in [0.1, 0.15) is 73.2 Å². The van der Waals surface area contributed by atoms with E-state index >= 15 is 0 Å². The molecule has 3 aliphatic heterocycles. The maximum absolute atomic E-state index is 13.5. The van der Waals surface area contributed by atoms with Crippen molar-refractivity contribution in [3.05, 3.63) is 48.6 Å². The molecule has 0 spiro atoms. The summed E-state index contributed by atoms with van der Waals surface area (Å²) < 4.78 is 34.4. The molecule has 17 unspecified atom stereocenters. The van der Waals surface area contributed by atoms with E-state index in [2.05, 4.69) is 55.6 Å². The molecule has 12 N–H and O–H groups in total. The minimum absolute atomic E-state index is 0.235. The number of hydrogen-bond acceptors (Lipinski definition) is 18. The van der Waals surface area contributed by atoms with Crippen LogP contribution in [0.2, 0.25) is 0 Å². The average Bonchev–Trinajstić information content (AvgIpc) is 0.783. The van der Waals surface area contributed by atoms with Crippen LogP contribution in [-0.2, 0) is 33.2 Å². The third kappa shape index (κ3) is 44.6. The van der Waals surface area contributed by atoms with Crippen LogP contribution in [0, 0.1) is 0 Å². The first-order valence-corrected chi connectivity index (χ1v) is 42.9. The van der Waals surface area contributed by atoms with Gasteiger partial charge in [-0.3, -0.25) is 4.79 Å². The van der Waals surface area contributed by atoms with Crippen LogP contribution in [0.4, 0.5) is 0 Å². The number of amides is 1. The van der Waals surface area contributed by atoms with E-state index in [9.17, 15) is 61.0 Å². The Morgan fingerprint density at radius 1 is 0.337 bits per heavy atom. The number of carbonyl (C=O) groups excluding carboxylic acids is 1. The fraction of sp³-hybridized carbons (Fsp3) is 0.894. The first-order valence-electron chi connectivity index (χ1n) is 42.9. The van der Waals surface area contributed by atoms with Crippen LogP contribution in [-0.4, -0.2) is 193 Å². The second-order valence-corrected chi connectivity index (χ2v) is 30.6. The number of nitrogens with one attached hydrogen (secondary N) is 1. The normalized spacial score (nSPS) is 26.1. The van der Waals surface area contributed by atoms with Crippen molar-refractivity contribution in [1.82, 2.24) is 5.32 Å². The lowest BCUT2D eigenvalue weighted by Gasteiger charge is -2.48. The first kappa shape index (κ1) is 96.0. The summed E-state index contributed by atoms with van der Waals surface area (Å²) in [6, 6.07) is -0.997. The molecule has 3 saturated heterocycles. The van der Waals surface area contributed by atoms with Crippen LogP contribution in [0.5, 0.6) is 0 Å². The zero-order valence-corrected chi connectivity index (χ0v) is 65.5. The van der Waals surface area contributed by atoms with E-state index in [1.807, 2.05) is 6.08 Å². The number of ether oxygens (including phenoxy) is 6. The number of aliphatic hydroxyl groups excluding tert-OH is 11. The Bertz CT molecular complexity index is 2060. The molecule has 3 aliphatic rings. The van der Waals surface area contributed by atoms with Gasteiger partial charge in [-0.2, -0.15) is 0 Å². The van der Waals surface area contributed by atoms with E-state index in [1.165, 1.54) is 276 Å². The maximum Gasteiger partial charge on any atom is 0.220 e. The minimum atomic E-state index is -1.98. The number of unbranched alkanes of at least 4 members (excludes halogenated alkanes) is 47. The van der Waals surface area contributed by atoms with Crippen molar-refractivity contribution < 1.29 is 89.4 Å². The Balaban J connectivity index is 1.31. The van der Waals surface area contributed by atoms with Crippen molar-refractivity contribution >= 4 is 5.91 Å². The highest BCUT2D eigenvalue weighted by molar-refractivity contribution is 5.76. The predicted octanol–water partition coefficient (Wildman–Crippen LogP) is 15.2. The van der Waals surface area contributed by atoms with E-state index in [0.717, 1.165) is 44.9 Å². The van der Waals surface area contributed by atoms with Gasteiger partial charge in [-0.05, 0) is 70.6 Å². The molecule has 3 fully saturated rings. The van der Waals surface area contributed by atoms with Gasteiger partial charge in [0.25, 0.3) is 0 Å². The predicted molar refractivity (Wildman–Crippen MR) is 416 cm³/mol. The van der Waals surface area contributed by atoms with Crippen molar-refractivity contribution in [3.8, 4) is 0 Å². The largest absolute Gasteiger partial charge is 0.394 e. The molecule has 0 saturated carbocycles. The van der Waals surface area contributed by atoms with Gasteiger partial charge >= 0.3 is 0 Å². The Morgan fingerprint density at radius 2 is 0.615 bits per heavy atom. The lowest BCUT2D eigenvalue weighted by atomic mass is 9.96. The Hall–Kier alpha value is -2.25. The number of aliphatic hydroxyl groups is 11. The molecule has 0 aromatic carbocycles. The zero-order valence-electron chi connectivity index (χ0n) is 65.5. The van der Waals surface area contributed by atoms with Crippen LogP contribution >= 0.6 is 0 Å².